The fourth-order valence-electron chi connectivity index (χ4n) is 3.23. The van der Waals surface area contributed by atoms with Crippen LogP contribution in [0.3, 0.4) is 0 Å². The summed E-state index contributed by atoms with van der Waals surface area (Å²) in [5, 5.41) is 3.43. The summed E-state index contributed by atoms with van der Waals surface area (Å²) in [6, 6.07) is 0.947. The van der Waals surface area contributed by atoms with Gasteiger partial charge >= 0.3 is 0 Å². The Hall–Kier alpha value is -0.0800. The minimum absolute atomic E-state index is 0.947. The van der Waals surface area contributed by atoms with Crippen LogP contribution in [-0.2, 0) is 0 Å². The Bertz CT molecular complexity index is 170. The summed E-state index contributed by atoms with van der Waals surface area (Å²) in [6.07, 6.45) is 7.39. The maximum absolute atomic E-state index is 3.43. The number of piperidine rings is 1. The van der Waals surface area contributed by atoms with Crippen LogP contribution in [0.1, 0.15) is 39.0 Å². The first-order chi connectivity index (χ1) is 6.92. The third-order valence-electron chi connectivity index (χ3n) is 3.93. The predicted molar refractivity (Wildman–Crippen MR) is 60.5 cm³/mol. The number of nitrogens with zero attached hydrogens (tertiary/aromatic N) is 1. The quantitative estimate of drug-likeness (QED) is 0.690. The lowest BCUT2D eigenvalue weighted by Crippen LogP contribution is -2.45. The number of rotatable bonds is 4. The third kappa shape index (κ3) is 2.29. The smallest absolute Gasteiger partial charge is 0.0124 e. The third-order valence-corrected chi connectivity index (χ3v) is 3.93. The number of hydrogen-bond acceptors (Lipinski definition) is 2. The molecule has 2 aliphatic rings. The van der Waals surface area contributed by atoms with Gasteiger partial charge in [0.2, 0.25) is 0 Å². The monoisotopic (exact) mass is 196 g/mol. The van der Waals surface area contributed by atoms with Gasteiger partial charge in [-0.1, -0.05) is 13.3 Å². The lowest BCUT2D eigenvalue weighted by atomic mass is 9.92. The van der Waals surface area contributed by atoms with Gasteiger partial charge in [0, 0.05) is 19.1 Å². The van der Waals surface area contributed by atoms with Crippen LogP contribution in [0.2, 0.25) is 0 Å². The van der Waals surface area contributed by atoms with Gasteiger partial charge in [-0.3, -0.25) is 4.90 Å². The molecule has 0 amide bonds. The number of hydrogen-bond donors (Lipinski definition) is 1. The maximum atomic E-state index is 3.43. The highest BCUT2D eigenvalue weighted by atomic mass is 15.2. The van der Waals surface area contributed by atoms with Crippen LogP contribution in [0.5, 0.6) is 0 Å². The largest absolute Gasteiger partial charge is 0.316 e. The Balaban J connectivity index is 1.78. The van der Waals surface area contributed by atoms with E-state index in [0.29, 0.717) is 0 Å². The topological polar surface area (TPSA) is 15.3 Å². The van der Waals surface area contributed by atoms with Gasteiger partial charge < -0.3 is 5.32 Å². The van der Waals surface area contributed by atoms with Crippen molar-refractivity contribution in [2.45, 2.75) is 45.1 Å². The van der Waals surface area contributed by atoms with E-state index in [1.54, 1.807) is 0 Å². The van der Waals surface area contributed by atoms with Crippen LogP contribution >= 0.6 is 0 Å². The highest BCUT2D eigenvalue weighted by Crippen LogP contribution is 2.36. The van der Waals surface area contributed by atoms with E-state index in [-0.39, 0.29) is 0 Å². The van der Waals surface area contributed by atoms with Crippen molar-refractivity contribution >= 4 is 0 Å². The number of nitrogens with one attached hydrogen (secondary N) is 1. The molecule has 2 nitrogen and oxygen atoms in total. The van der Waals surface area contributed by atoms with Gasteiger partial charge in [0.1, 0.15) is 0 Å². The number of likely N-dealkylation sites (tertiary alicyclic amines) is 1. The number of likely N-dealkylation sites (N-methyl/N-ethyl adjacent to an activating group) is 1. The fraction of sp³-hybridized carbons (Fsp3) is 1.00. The van der Waals surface area contributed by atoms with Crippen LogP contribution in [0.25, 0.3) is 0 Å². The SMILES string of the molecule is CCNCCN1CCCC2CCCC21. The molecular weight excluding hydrogens is 172 g/mol. The van der Waals surface area contributed by atoms with Gasteiger partial charge in [-0.15, -0.1) is 0 Å². The van der Waals surface area contributed by atoms with Gasteiger partial charge in [-0.05, 0) is 44.7 Å². The first-order valence-electron chi connectivity index (χ1n) is 6.36. The zero-order valence-electron chi connectivity index (χ0n) is 9.47. The molecule has 2 heteroatoms. The van der Waals surface area contributed by atoms with Gasteiger partial charge in [0.25, 0.3) is 0 Å². The van der Waals surface area contributed by atoms with E-state index in [2.05, 4.69) is 17.1 Å². The Morgan fingerprint density at radius 3 is 2.93 bits per heavy atom. The minimum atomic E-state index is 0.947. The Kier molecular flexibility index (Phi) is 3.82. The van der Waals surface area contributed by atoms with Crippen molar-refractivity contribution in [3.05, 3.63) is 0 Å². The Labute approximate surface area is 88.1 Å². The van der Waals surface area contributed by atoms with Gasteiger partial charge in [0.05, 0.1) is 0 Å². The molecule has 1 heterocycles. The van der Waals surface area contributed by atoms with E-state index >= 15 is 0 Å². The summed E-state index contributed by atoms with van der Waals surface area (Å²) in [7, 11) is 0. The minimum Gasteiger partial charge on any atom is -0.316 e. The molecule has 0 bridgehead atoms. The number of fused-ring (bicyclic) bond motifs is 1. The normalized spacial score (nSPS) is 33.2. The second kappa shape index (κ2) is 5.13. The molecule has 1 saturated carbocycles. The molecule has 0 aromatic rings. The molecule has 1 N–H and O–H groups in total. The van der Waals surface area contributed by atoms with Crippen LogP contribution in [-0.4, -0.2) is 37.1 Å². The van der Waals surface area contributed by atoms with Crippen molar-refractivity contribution in [2.75, 3.05) is 26.2 Å². The van der Waals surface area contributed by atoms with Crippen LogP contribution in [0.15, 0.2) is 0 Å². The molecule has 2 fully saturated rings. The van der Waals surface area contributed by atoms with Gasteiger partial charge in [-0.25, -0.2) is 0 Å². The first-order valence-corrected chi connectivity index (χ1v) is 6.36. The molecule has 0 spiro atoms. The second-order valence-electron chi connectivity index (χ2n) is 4.79. The molecule has 0 radical (unpaired) electrons. The van der Waals surface area contributed by atoms with E-state index in [4.69, 9.17) is 0 Å². The van der Waals surface area contributed by atoms with Gasteiger partial charge in [0.15, 0.2) is 0 Å². The van der Waals surface area contributed by atoms with Crippen LogP contribution in [0.4, 0.5) is 0 Å². The van der Waals surface area contributed by atoms with E-state index in [0.717, 1.165) is 18.5 Å². The zero-order valence-corrected chi connectivity index (χ0v) is 9.47. The average molecular weight is 196 g/mol. The van der Waals surface area contributed by atoms with E-state index < -0.39 is 0 Å². The summed E-state index contributed by atoms with van der Waals surface area (Å²) < 4.78 is 0. The highest BCUT2D eigenvalue weighted by molar-refractivity contribution is 4.89. The summed E-state index contributed by atoms with van der Waals surface area (Å²) in [6.45, 7) is 7.11. The second-order valence-corrected chi connectivity index (χ2v) is 4.79. The average Bonchev–Trinajstić information content (AvgIpc) is 2.67. The van der Waals surface area contributed by atoms with Crippen molar-refractivity contribution in [1.29, 1.82) is 0 Å². The van der Waals surface area contributed by atoms with Crippen molar-refractivity contribution < 1.29 is 0 Å². The lowest BCUT2D eigenvalue weighted by Gasteiger charge is -2.37. The molecular formula is C12H24N2. The molecule has 2 unspecified atom stereocenters. The molecule has 0 aromatic heterocycles. The summed E-state index contributed by atoms with van der Waals surface area (Å²) in [5.41, 5.74) is 0. The van der Waals surface area contributed by atoms with Crippen molar-refractivity contribution in [2.24, 2.45) is 5.92 Å². The zero-order chi connectivity index (χ0) is 9.80. The van der Waals surface area contributed by atoms with Crippen molar-refractivity contribution in [1.82, 2.24) is 10.2 Å². The molecule has 1 saturated heterocycles. The summed E-state index contributed by atoms with van der Waals surface area (Å²) in [5.74, 6) is 1.05. The fourth-order valence-corrected chi connectivity index (χ4v) is 3.23. The van der Waals surface area contributed by atoms with E-state index in [1.807, 2.05) is 0 Å². The van der Waals surface area contributed by atoms with E-state index in [9.17, 15) is 0 Å². The predicted octanol–water partition coefficient (Wildman–Crippen LogP) is 1.86. The standard InChI is InChI=1S/C12H24N2/c1-2-13-8-10-14-9-4-6-11-5-3-7-12(11)14/h11-13H,2-10H2,1H3. The lowest BCUT2D eigenvalue weighted by molar-refractivity contribution is 0.114. The van der Waals surface area contributed by atoms with E-state index in [1.165, 1.54) is 51.7 Å². The molecule has 14 heavy (non-hydrogen) atoms. The van der Waals surface area contributed by atoms with Crippen LogP contribution < -0.4 is 5.32 Å². The van der Waals surface area contributed by atoms with Gasteiger partial charge in [-0.2, -0.15) is 0 Å². The maximum Gasteiger partial charge on any atom is 0.0124 e. The van der Waals surface area contributed by atoms with Crippen molar-refractivity contribution in [3.63, 3.8) is 0 Å². The molecule has 1 aliphatic heterocycles. The molecule has 2 rings (SSSR count). The summed E-state index contributed by atoms with van der Waals surface area (Å²) in [4.78, 5) is 2.74. The molecule has 1 aliphatic carbocycles. The highest BCUT2D eigenvalue weighted by Gasteiger charge is 2.34. The Morgan fingerprint density at radius 2 is 2.07 bits per heavy atom. The molecule has 82 valence electrons. The first kappa shape index (κ1) is 10.4. The molecule has 0 aromatic carbocycles. The molecule has 2 atom stereocenters. The summed E-state index contributed by atoms with van der Waals surface area (Å²) >= 11 is 0. The Morgan fingerprint density at radius 1 is 1.21 bits per heavy atom. The van der Waals surface area contributed by atoms with Crippen molar-refractivity contribution in [3.8, 4) is 0 Å². The van der Waals surface area contributed by atoms with Crippen LogP contribution in [0, 0.1) is 5.92 Å².